The van der Waals surface area contributed by atoms with Gasteiger partial charge >= 0.3 is 0 Å². The van der Waals surface area contributed by atoms with E-state index >= 15 is 13.2 Å². The third-order valence-corrected chi connectivity index (χ3v) is 4.85. The van der Waals surface area contributed by atoms with Crippen molar-refractivity contribution in [3.63, 3.8) is 0 Å². The van der Waals surface area contributed by atoms with Crippen LogP contribution in [0.1, 0.15) is 25.3 Å². The van der Waals surface area contributed by atoms with E-state index < -0.39 is 109 Å². The summed E-state index contributed by atoms with van der Waals surface area (Å²) in [5, 5.41) is 0. The second-order valence-corrected chi connectivity index (χ2v) is 7.15. The summed E-state index contributed by atoms with van der Waals surface area (Å²) in [4.78, 5) is 0. The maximum absolute atomic E-state index is 15.2. The molecule has 0 amide bonds. The Morgan fingerprint density at radius 1 is 0.294 bits per heavy atom. The molecule has 0 N–H and O–H groups in total. The zero-order valence-corrected chi connectivity index (χ0v) is 16.5. The number of hydrogen-bond acceptors (Lipinski definition) is 0. The van der Waals surface area contributed by atoms with E-state index in [0.717, 1.165) is 13.8 Å². The zero-order chi connectivity index (χ0) is 26.0. The lowest BCUT2D eigenvalue weighted by atomic mass is 9.88. The Kier molecular flexibility index (Phi) is 6.35. The quantitative estimate of drug-likeness (QED) is 0.192. The molecule has 13 heteroatoms. The van der Waals surface area contributed by atoms with E-state index in [1.165, 1.54) is 0 Å². The lowest BCUT2D eigenvalue weighted by Crippen LogP contribution is -2.13. The van der Waals surface area contributed by atoms with Crippen molar-refractivity contribution in [1.82, 2.24) is 0 Å². The van der Waals surface area contributed by atoms with E-state index in [1.807, 2.05) is 0 Å². The molecule has 0 aliphatic heterocycles. The second-order valence-electron chi connectivity index (χ2n) is 7.15. The van der Waals surface area contributed by atoms with Gasteiger partial charge in [0.25, 0.3) is 0 Å². The Labute approximate surface area is 181 Å². The predicted molar refractivity (Wildman–Crippen MR) is 90.9 cm³/mol. The molecule has 3 aromatic rings. The van der Waals surface area contributed by atoms with E-state index in [0.29, 0.717) is 0 Å². The molecule has 0 atom stereocenters. The first-order chi connectivity index (χ1) is 15.7. The van der Waals surface area contributed by atoms with Gasteiger partial charge in [-0.1, -0.05) is 13.8 Å². The molecule has 0 aliphatic rings. The highest BCUT2D eigenvalue weighted by atomic mass is 19.2. The third kappa shape index (κ3) is 3.40. The van der Waals surface area contributed by atoms with Gasteiger partial charge in [-0.2, -0.15) is 0 Å². The molecule has 0 nitrogen and oxygen atoms in total. The van der Waals surface area contributed by atoms with Crippen molar-refractivity contribution >= 4 is 0 Å². The predicted octanol–water partition coefficient (Wildman–Crippen LogP) is 7.95. The van der Waals surface area contributed by atoms with Gasteiger partial charge in [-0.3, -0.25) is 0 Å². The molecule has 34 heavy (non-hydrogen) atoms. The number of rotatable bonds is 3. The van der Waals surface area contributed by atoms with Crippen LogP contribution in [0.4, 0.5) is 57.1 Å². The van der Waals surface area contributed by atoms with Gasteiger partial charge in [-0.15, -0.1) is 0 Å². The van der Waals surface area contributed by atoms with Crippen LogP contribution in [0.3, 0.4) is 0 Å². The standard InChI is InChI=1S/C21H7F13/c1-3(2)4-9(22)5(7-12(25)16(29)20(33)17(30)13(7)26)11(24)6(10(4)23)8-14(27)18(31)21(34)19(32)15(8)28/h3H,1-2H3. The van der Waals surface area contributed by atoms with Gasteiger partial charge in [0.15, 0.2) is 46.5 Å². The van der Waals surface area contributed by atoms with Crippen LogP contribution < -0.4 is 0 Å². The van der Waals surface area contributed by atoms with Crippen molar-refractivity contribution in [2.24, 2.45) is 0 Å². The van der Waals surface area contributed by atoms with Crippen LogP contribution in [0, 0.1) is 75.6 Å². The number of halogens is 13. The van der Waals surface area contributed by atoms with Crippen molar-refractivity contribution in [2.75, 3.05) is 0 Å². The summed E-state index contributed by atoms with van der Waals surface area (Å²) in [7, 11) is 0. The van der Waals surface area contributed by atoms with Crippen LogP contribution in [0.15, 0.2) is 0 Å². The maximum Gasteiger partial charge on any atom is 0.200 e. The fourth-order valence-corrected chi connectivity index (χ4v) is 3.28. The summed E-state index contributed by atoms with van der Waals surface area (Å²) in [6, 6.07) is 0. The number of benzene rings is 3. The van der Waals surface area contributed by atoms with Gasteiger partial charge < -0.3 is 0 Å². The van der Waals surface area contributed by atoms with Crippen LogP contribution >= 0.6 is 0 Å². The molecule has 0 saturated carbocycles. The van der Waals surface area contributed by atoms with E-state index in [1.54, 1.807) is 0 Å². The van der Waals surface area contributed by atoms with E-state index in [4.69, 9.17) is 0 Å². The Morgan fingerprint density at radius 3 is 0.735 bits per heavy atom. The summed E-state index contributed by atoms with van der Waals surface area (Å²) in [6.07, 6.45) is 0. The highest BCUT2D eigenvalue weighted by Crippen LogP contribution is 2.44. The molecule has 3 rings (SSSR count). The summed E-state index contributed by atoms with van der Waals surface area (Å²) in [5.41, 5.74) is -10.4. The molecule has 0 aliphatic carbocycles. The molecule has 0 saturated heterocycles. The monoisotopic (exact) mass is 506 g/mol. The molecule has 0 fully saturated rings. The van der Waals surface area contributed by atoms with Gasteiger partial charge in [0, 0.05) is 5.56 Å². The fraction of sp³-hybridized carbons (Fsp3) is 0.143. The average Bonchev–Trinajstić information content (AvgIpc) is 2.77. The van der Waals surface area contributed by atoms with Gasteiger partial charge in [0.2, 0.25) is 11.6 Å². The number of hydrogen-bond donors (Lipinski definition) is 0. The molecular weight excluding hydrogens is 499 g/mol. The lowest BCUT2D eigenvalue weighted by molar-refractivity contribution is 0.379. The van der Waals surface area contributed by atoms with Crippen LogP contribution in [0.2, 0.25) is 0 Å². The van der Waals surface area contributed by atoms with Gasteiger partial charge in [0.05, 0.1) is 22.3 Å². The Balaban J connectivity index is 2.66. The Bertz CT molecular complexity index is 1200. The molecule has 0 heterocycles. The van der Waals surface area contributed by atoms with Gasteiger partial charge in [-0.05, 0) is 5.92 Å². The minimum absolute atomic E-state index is 0.962. The minimum Gasteiger partial charge on any atom is -0.206 e. The maximum atomic E-state index is 15.2. The van der Waals surface area contributed by atoms with Crippen LogP contribution in [-0.4, -0.2) is 0 Å². The van der Waals surface area contributed by atoms with Crippen molar-refractivity contribution in [2.45, 2.75) is 19.8 Å². The molecule has 3 aromatic carbocycles. The van der Waals surface area contributed by atoms with Crippen molar-refractivity contribution in [3.05, 3.63) is 81.2 Å². The first kappa shape index (κ1) is 25.4. The highest BCUT2D eigenvalue weighted by molar-refractivity contribution is 5.78. The molecule has 0 bridgehead atoms. The molecular formula is C21H7F13. The summed E-state index contributed by atoms with van der Waals surface area (Å²) >= 11 is 0. The zero-order valence-electron chi connectivity index (χ0n) is 16.5. The smallest absolute Gasteiger partial charge is 0.200 e. The SMILES string of the molecule is CC(C)c1c(F)c(-c2c(F)c(F)c(F)c(F)c2F)c(F)c(-c2c(F)c(F)c(F)c(F)c2F)c1F. The molecule has 0 unspecified atom stereocenters. The summed E-state index contributed by atoms with van der Waals surface area (Å²) in [6.45, 7) is 1.92. The van der Waals surface area contributed by atoms with E-state index in [-0.39, 0.29) is 0 Å². The summed E-state index contributed by atoms with van der Waals surface area (Å²) < 4.78 is 184. The Morgan fingerprint density at radius 2 is 0.500 bits per heavy atom. The second kappa shape index (κ2) is 8.51. The lowest BCUT2D eigenvalue weighted by Gasteiger charge is -2.20. The third-order valence-electron chi connectivity index (χ3n) is 4.85. The van der Waals surface area contributed by atoms with Crippen molar-refractivity contribution in [1.29, 1.82) is 0 Å². The first-order valence-electron chi connectivity index (χ1n) is 8.90. The normalized spacial score (nSPS) is 11.6. The van der Waals surface area contributed by atoms with Crippen molar-refractivity contribution < 1.29 is 57.1 Å². The molecule has 0 radical (unpaired) electrons. The molecule has 182 valence electrons. The van der Waals surface area contributed by atoms with Crippen LogP contribution in [0.25, 0.3) is 22.3 Å². The highest BCUT2D eigenvalue weighted by Gasteiger charge is 2.38. The van der Waals surface area contributed by atoms with E-state index in [2.05, 4.69) is 0 Å². The van der Waals surface area contributed by atoms with Gasteiger partial charge in [0.1, 0.15) is 17.5 Å². The largest absolute Gasteiger partial charge is 0.206 e. The molecule has 0 aromatic heterocycles. The summed E-state index contributed by atoms with van der Waals surface area (Å²) in [5.74, 6) is -36.0. The van der Waals surface area contributed by atoms with Crippen LogP contribution in [-0.2, 0) is 0 Å². The van der Waals surface area contributed by atoms with Gasteiger partial charge in [-0.25, -0.2) is 57.1 Å². The van der Waals surface area contributed by atoms with E-state index in [9.17, 15) is 43.9 Å². The molecule has 0 spiro atoms. The first-order valence-corrected chi connectivity index (χ1v) is 8.90. The van der Waals surface area contributed by atoms with Crippen molar-refractivity contribution in [3.8, 4) is 22.3 Å². The fourth-order valence-electron chi connectivity index (χ4n) is 3.28. The minimum atomic E-state index is -2.76. The topological polar surface area (TPSA) is 0 Å². The average molecular weight is 506 g/mol. The van der Waals surface area contributed by atoms with Crippen LogP contribution in [0.5, 0.6) is 0 Å². The Hall–Kier alpha value is -3.25.